The first-order valence-electron chi connectivity index (χ1n) is 3.28. The van der Waals surface area contributed by atoms with Gasteiger partial charge in [0.2, 0.25) is 10.0 Å². The smallest absolute Gasteiger partial charge is 0.262 e. The fourth-order valence-corrected chi connectivity index (χ4v) is 2.45. The van der Waals surface area contributed by atoms with Gasteiger partial charge in [0.15, 0.2) is 0 Å². The van der Waals surface area contributed by atoms with Crippen molar-refractivity contribution in [2.45, 2.75) is 11.3 Å². The van der Waals surface area contributed by atoms with Crippen LogP contribution in [-0.4, -0.2) is 13.4 Å². The lowest BCUT2D eigenvalue weighted by Crippen LogP contribution is -2.16. The van der Waals surface area contributed by atoms with Crippen molar-refractivity contribution in [1.82, 2.24) is 4.98 Å². The Balaban J connectivity index is 3.52. The highest BCUT2D eigenvalue weighted by atomic mass is 127. The number of sulfonamides is 1. The molecule has 0 radical (unpaired) electrons. The molecule has 0 unspecified atom stereocenters. The molecule has 0 saturated heterocycles. The molecule has 0 aliphatic heterocycles. The van der Waals surface area contributed by atoms with E-state index in [0.717, 1.165) is 12.4 Å². The molecule has 0 bridgehead atoms. The summed E-state index contributed by atoms with van der Waals surface area (Å²) in [6.07, 6.45) is -0.923. The minimum atomic E-state index is -4.15. The van der Waals surface area contributed by atoms with Gasteiger partial charge in [-0.3, -0.25) is 4.98 Å². The maximum atomic E-state index is 12.5. The van der Waals surface area contributed by atoms with E-state index in [0.29, 0.717) is 0 Å². The largest absolute Gasteiger partial charge is 0.266 e. The van der Waals surface area contributed by atoms with Gasteiger partial charge in [0.25, 0.3) is 6.43 Å². The lowest BCUT2D eigenvalue weighted by molar-refractivity contribution is 0.146. The number of halogens is 3. The van der Waals surface area contributed by atoms with E-state index in [2.05, 4.69) is 4.98 Å². The van der Waals surface area contributed by atoms with Crippen LogP contribution >= 0.6 is 22.6 Å². The van der Waals surface area contributed by atoms with Crippen molar-refractivity contribution in [3.8, 4) is 0 Å². The minimum absolute atomic E-state index is 0.0733. The standard InChI is InChI=1S/C6H5F2IN2O2S/c7-6(8)5-3(9)1-11-2-4(5)14(10,12)13/h1-2,6H,(H2,10,12,13). The molecule has 0 spiro atoms. The van der Waals surface area contributed by atoms with E-state index in [1.54, 1.807) is 22.6 Å². The Morgan fingerprint density at radius 2 is 2.00 bits per heavy atom. The van der Waals surface area contributed by atoms with Crippen LogP contribution in [0.4, 0.5) is 8.78 Å². The second-order valence-corrected chi connectivity index (χ2v) is 5.07. The Bertz CT molecular complexity index is 449. The van der Waals surface area contributed by atoms with Gasteiger partial charge in [0, 0.05) is 16.0 Å². The van der Waals surface area contributed by atoms with Crippen LogP contribution in [0.2, 0.25) is 0 Å². The normalized spacial score (nSPS) is 12.1. The van der Waals surface area contributed by atoms with Crippen molar-refractivity contribution in [3.05, 3.63) is 21.5 Å². The molecule has 1 aromatic rings. The second-order valence-electron chi connectivity index (χ2n) is 2.38. The molecular weight excluding hydrogens is 329 g/mol. The van der Waals surface area contributed by atoms with Gasteiger partial charge >= 0.3 is 0 Å². The monoisotopic (exact) mass is 334 g/mol. The van der Waals surface area contributed by atoms with Crippen LogP contribution < -0.4 is 5.14 Å². The fraction of sp³-hybridized carbons (Fsp3) is 0.167. The molecule has 0 atom stereocenters. The number of hydrogen-bond acceptors (Lipinski definition) is 3. The van der Waals surface area contributed by atoms with Crippen LogP contribution in [0, 0.1) is 3.57 Å². The quantitative estimate of drug-likeness (QED) is 0.828. The van der Waals surface area contributed by atoms with Gasteiger partial charge in [-0.2, -0.15) is 0 Å². The molecule has 0 aliphatic rings. The maximum Gasteiger partial charge on any atom is 0.266 e. The molecule has 0 fully saturated rings. The summed E-state index contributed by atoms with van der Waals surface area (Å²) in [5, 5.41) is 4.76. The molecule has 0 saturated carbocycles. The van der Waals surface area contributed by atoms with Gasteiger partial charge in [-0.15, -0.1) is 0 Å². The van der Waals surface area contributed by atoms with Gasteiger partial charge in [-0.25, -0.2) is 22.3 Å². The maximum absolute atomic E-state index is 12.5. The van der Waals surface area contributed by atoms with Crippen molar-refractivity contribution in [2.75, 3.05) is 0 Å². The molecule has 2 N–H and O–H groups in total. The molecule has 0 aliphatic carbocycles. The second kappa shape index (κ2) is 4.03. The summed E-state index contributed by atoms with van der Waals surface area (Å²) >= 11 is 1.58. The number of nitrogens with two attached hydrogens (primary N) is 1. The lowest BCUT2D eigenvalue weighted by atomic mass is 10.3. The fourth-order valence-electron chi connectivity index (χ4n) is 0.866. The summed E-state index contributed by atoms with van der Waals surface area (Å²) in [6.45, 7) is 0. The topological polar surface area (TPSA) is 73.1 Å². The van der Waals surface area contributed by atoms with E-state index >= 15 is 0 Å². The van der Waals surface area contributed by atoms with E-state index < -0.39 is 26.9 Å². The summed E-state index contributed by atoms with van der Waals surface area (Å²) in [5.41, 5.74) is -0.594. The summed E-state index contributed by atoms with van der Waals surface area (Å²) in [5.74, 6) is 0. The van der Waals surface area contributed by atoms with E-state index in [9.17, 15) is 17.2 Å². The zero-order chi connectivity index (χ0) is 10.9. The average Bonchev–Trinajstić information content (AvgIpc) is 2.01. The third-order valence-electron chi connectivity index (χ3n) is 1.43. The van der Waals surface area contributed by atoms with Crippen molar-refractivity contribution in [1.29, 1.82) is 0 Å². The molecule has 14 heavy (non-hydrogen) atoms. The molecule has 0 aromatic carbocycles. The first kappa shape index (κ1) is 11.7. The number of primary sulfonamides is 1. The van der Waals surface area contributed by atoms with E-state index in [4.69, 9.17) is 5.14 Å². The van der Waals surface area contributed by atoms with Gasteiger partial charge in [0.05, 0.1) is 5.56 Å². The molecule has 4 nitrogen and oxygen atoms in total. The first-order valence-corrected chi connectivity index (χ1v) is 5.91. The predicted molar refractivity (Wildman–Crippen MR) is 53.3 cm³/mol. The van der Waals surface area contributed by atoms with E-state index in [1.807, 2.05) is 0 Å². The molecule has 1 aromatic heterocycles. The van der Waals surface area contributed by atoms with Crippen molar-refractivity contribution in [2.24, 2.45) is 5.14 Å². The van der Waals surface area contributed by atoms with Crippen molar-refractivity contribution in [3.63, 3.8) is 0 Å². The summed E-state index contributed by atoms with van der Waals surface area (Å²) < 4.78 is 46.8. The van der Waals surface area contributed by atoms with E-state index in [-0.39, 0.29) is 3.57 Å². The van der Waals surface area contributed by atoms with Gasteiger partial charge in [-0.05, 0) is 22.6 Å². The number of pyridine rings is 1. The third kappa shape index (κ3) is 2.36. The Morgan fingerprint density at radius 3 is 2.36 bits per heavy atom. The van der Waals surface area contributed by atoms with Crippen LogP contribution in [0.15, 0.2) is 17.3 Å². The highest BCUT2D eigenvalue weighted by molar-refractivity contribution is 14.1. The number of nitrogens with zero attached hydrogens (tertiary/aromatic N) is 1. The van der Waals surface area contributed by atoms with Crippen LogP contribution in [-0.2, 0) is 10.0 Å². The van der Waals surface area contributed by atoms with Gasteiger partial charge in [-0.1, -0.05) is 0 Å². The number of hydrogen-bond donors (Lipinski definition) is 1. The zero-order valence-corrected chi connectivity index (χ0v) is 9.59. The summed E-state index contributed by atoms with van der Waals surface area (Å²) in [6, 6.07) is 0. The van der Waals surface area contributed by atoms with E-state index in [1.165, 1.54) is 0 Å². The van der Waals surface area contributed by atoms with Crippen LogP contribution in [0.5, 0.6) is 0 Å². The van der Waals surface area contributed by atoms with Crippen molar-refractivity contribution >= 4 is 32.6 Å². The number of aromatic nitrogens is 1. The third-order valence-corrected chi connectivity index (χ3v) is 3.23. The highest BCUT2D eigenvalue weighted by Gasteiger charge is 2.23. The number of alkyl halides is 2. The van der Waals surface area contributed by atoms with Gasteiger partial charge < -0.3 is 0 Å². The Kier molecular flexibility index (Phi) is 3.37. The SMILES string of the molecule is NS(=O)(=O)c1cncc(I)c1C(F)F. The highest BCUT2D eigenvalue weighted by Crippen LogP contribution is 2.29. The van der Waals surface area contributed by atoms with Gasteiger partial charge in [0.1, 0.15) is 4.90 Å². The molecule has 1 rings (SSSR count). The Morgan fingerprint density at radius 1 is 1.43 bits per heavy atom. The first-order chi connectivity index (χ1) is 6.34. The van der Waals surface area contributed by atoms with Crippen LogP contribution in [0.3, 0.4) is 0 Å². The Hall–Kier alpha value is -0.350. The van der Waals surface area contributed by atoms with Crippen molar-refractivity contribution < 1.29 is 17.2 Å². The molecular formula is C6H5F2IN2O2S. The lowest BCUT2D eigenvalue weighted by Gasteiger charge is -2.07. The molecule has 0 amide bonds. The predicted octanol–water partition coefficient (Wildman–Crippen LogP) is 1.27. The molecule has 8 heteroatoms. The minimum Gasteiger partial charge on any atom is -0.262 e. The Labute approximate surface area is 92.7 Å². The van der Waals surface area contributed by atoms with Crippen LogP contribution in [0.1, 0.15) is 12.0 Å². The molecule has 1 heterocycles. The summed E-state index contributed by atoms with van der Waals surface area (Å²) in [4.78, 5) is 2.87. The average molecular weight is 334 g/mol. The molecule has 78 valence electrons. The van der Waals surface area contributed by atoms with Crippen LogP contribution in [0.25, 0.3) is 0 Å². The zero-order valence-electron chi connectivity index (χ0n) is 6.62. The number of rotatable bonds is 2. The summed E-state index contributed by atoms with van der Waals surface area (Å²) in [7, 11) is -4.15.